The molecule has 0 aromatic heterocycles. The number of hydrogen-bond acceptors (Lipinski definition) is 4. The first-order valence-electron chi connectivity index (χ1n) is 7.52. The van der Waals surface area contributed by atoms with E-state index in [0.717, 1.165) is 19.6 Å². The van der Waals surface area contributed by atoms with E-state index >= 15 is 0 Å². The Morgan fingerprint density at radius 3 is 2.25 bits per heavy atom. The zero-order valence-corrected chi connectivity index (χ0v) is 14.0. The van der Waals surface area contributed by atoms with Crippen LogP contribution in [0.4, 0.5) is 4.79 Å². The second kappa shape index (κ2) is 7.27. The van der Waals surface area contributed by atoms with Crippen molar-refractivity contribution in [3.8, 4) is 0 Å². The molecule has 1 fully saturated rings. The average Bonchev–Trinajstić information content (AvgIpc) is 2.34. The summed E-state index contributed by atoms with van der Waals surface area (Å²) in [4.78, 5) is 18.3. The maximum absolute atomic E-state index is 11.9. The first-order chi connectivity index (χ1) is 9.19. The van der Waals surface area contributed by atoms with Crippen molar-refractivity contribution in [2.45, 2.75) is 45.3 Å². The van der Waals surface area contributed by atoms with Gasteiger partial charge in [0.15, 0.2) is 0 Å². The maximum atomic E-state index is 11.9. The van der Waals surface area contributed by atoms with Crippen LogP contribution in [0.1, 0.15) is 33.6 Å². The highest BCUT2D eigenvalue weighted by atomic mass is 16.6. The summed E-state index contributed by atoms with van der Waals surface area (Å²) in [5, 5.41) is 0. The fourth-order valence-corrected chi connectivity index (χ4v) is 2.36. The lowest BCUT2D eigenvalue weighted by Crippen LogP contribution is -2.45. The lowest BCUT2D eigenvalue weighted by atomic mass is 10.0. The molecule has 1 saturated heterocycles. The summed E-state index contributed by atoms with van der Waals surface area (Å²) in [6.45, 7) is 9.60. The highest BCUT2D eigenvalue weighted by Gasteiger charge is 2.22. The van der Waals surface area contributed by atoms with E-state index in [1.807, 2.05) is 20.8 Å². The molecule has 0 N–H and O–H groups in total. The number of piperidine rings is 1. The summed E-state index contributed by atoms with van der Waals surface area (Å²) in [5.41, 5.74) is -0.425. The number of carbonyl (C=O) groups is 1. The number of carbonyl (C=O) groups excluding carboxylic acids is 1. The van der Waals surface area contributed by atoms with Crippen LogP contribution in [0.3, 0.4) is 0 Å². The quantitative estimate of drug-likeness (QED) is 0.790. The van der Waals surface area contributed by atoms with Crippen LogP contribution >= 0.6 is 0 Å². The van der Waals surface area contributed by atoms with E-state index in [1.165, 1.54) is 12.8 Å². The topological polar surface area (TPSA) is 36.0 Å². The Bertz CT molecular complexity index is 307. The number of likely N-dealkylation sites (N-methyl/N-ethyl adjacent to an activating group) is 2. The number of amides is 1. The van der Waals surface area contributed by atoms with Gasteiger partial charge in [-0.05, 0) is 60.8 Å². The van der Waals surface area contributed by atoms with Crippen LogP contribution in [0.25, 0.3) is 0 Å². The van der Waals surface area contributed by atoms with E-state index < -0.39 is 5.60 Å². The molecule has 0 aliphatic carbocycles. The van der Waals surface area contributed by atoms with Crippen LogP contribution in [0.15, 0.2) is 0 Å². The van der Waals surface area contributed by atoms with Crippen LogP contribution < -0.4 is 0 Å². The third kappa shape index (κ3) is 6.09. The normalized spacial score (nSPS) is 18.4. The first-order valence-corrected chi connectivity index (χ1v) is 7.52. The highest BCUT2D eigenvalue weighted by molar-refractivity contribution is 5.67. The standard InChI is InChI=1S/C15H31N3O2/c1-15(2,3)20-14(19)18(6)12-11-17(5)13-7-9-16(4)10-8-13/h13H,7-12H2,1-6H3. The summed E-state index contributed by atoms with van der Waals surface area (Å²) < 4.78 is 5.35. The van der Waals surface area contributed by atoms with Gasteiger partial charge in [-0.1, -0.05) is 0 Å². The summed E-state index contributed by atoms with van der Waals surface area (Å²) >= 11 is 0. The van der Waals surface area contributed by atoms with Crippen LogP contribution in [0, 0.1) is 0 Å². The van der Waals surface area contributed by atoms with E-state index in [1.54, 1.807) is 11.9 Å². The fraction of sp³-hybridized carbons (Fsp3) is 0.933. The van der Waals surface area contributed by atoms with Crippen molar-refractivity contribution < 1.29 is 9.53 Å². The Labute approximate surface area is 123 Å². The van der Waals surface area contributed by atoms with Crippen molar-refractivity contribution in [1.29, 1.82) is 0 Å². The molecule has 0 aromatic rings. The molecule has 0 spiro atoms. The van der Waals surface area contributed by atoms with Crippen LogP contribution in [0.5, 0.6) is 0 Å². The second-order valence-corrected chi connectivity index (χ2v) is 6.92. The van der Waals surface area contributed by atoms with Crippen molar-refractivity contribution >= 4 is 6.09 Å². The molecule has 0 bridgehead atoms. The largest absolute Gasteiger partial charge is 0.444 e. The van der Waals surface area contributed by atoms with E-state index in [2.05, 4.69) is 23.9 Å². The summed E-state index contributed by atoms with van der Waals surface area (Å²) in [7, 11) is 6.13. The molecule has 1 heterocycles. The SMILES string of the molecule is CN1CCC(N(C)CCN(C)C(=O)OC(C)(C)C)CC1. The molecule has 1 amide bonds. The Hall–Kier alpha value is -0.810. The van der Waals surface area contributed by atoms with Crippen molar-refractivity contribution in [1.82, 2.24) is 14.7 Å². The third-order valence-corrected chi connectivity index (χ3v) is 3.80. The monoisotopic (exact) mass is 285 g/mol. The minimum Gasteiger partial charge on any atom is -0.444 e. The number of ether oxygens (including phenoxy) is 1. The number of nitrogens with zero attached hydrogens (tertiary/aromatic N) is 3. The Morgan fingerprint density at radius 2 is 1.75 bits per heavy atom. The summed E-state index contributed by atoms with van der Waals surface area (Å²) in [5.74, 6) is 0. The van der Waals surface area contributed by atoms with Gasteiger partial charge in [-0.25, -0.2) is 4.79 Å². The molecule has 0 unspecified atom stereocenters. The van der Waals surface area contributed by atoms with Crippen LogP contribution in [-0.4, -0.2) is 79.8 Å². The first kappa shape index (κ1) is 17.2. The number of rotatable bonds is 4. The van der Waals surface area contributed by atoms with Crippen LogP contribution in [-0.2, 0) is 4.74 Å². The molecule has 118 valence electrons. The molecule has 1 aliphatic heterocycles. The van der Waals surface area contributed by atoms with E-state index in [4.69, 9.17) is 4.74 Å². The molecular weight excluding hydrogens is 254 g/mol. The van der Waals surface area contributed by atoms with Gasteiger partial charge in [0.05, 0.1) is 0 Å². The number of hydrogen-bond donors (Lipinski definition) is 0. The molecule has 0 atom stereocenters. The van der Waals surface area contributed by atoms with Gasteiger partial charge in [-0.15, -0.1) is 0 Å². The van der Waals surface area contributed by atoms with Gasteiger partial charge in [-0.2, -0.15) is 0 Å². The molecule has 5 nitrogen and oxygen atoms in total. The minimum atomic E-state index is -0.425. The second-order valence-electron chi connectivity index (χ2n) is 6.92. The zero-order chi connectivity index (χ0) is 15.3. The summed E-state index contributed by atoms with van der Waals surface area (Å²) in [6.07, 6.45) is 2.18. The molecular formula is C15H31N3O2. The molecule has 0 aromatic carbocycles. The fourth-order valence-electron chi connectivity index (χ4n) is 2.36. The Balaban J connectivity index is 2.29. The Morgan fingerprint density at radius 1 is 1.20 bits per heavy atom. The van der Waals surface area contributed by atoms with Crippen molar-refractivity contribution in [2.24, 2.45) is 0 Å². The van der Waals surface area contributed by atoms with Gasteiger partial charge in [0.2, 0.25) is 0 Å². The van der Waals surface area contributed by atoms with E-state index in [-0.39, 0.29) is 6.09 Å². The van der Waals surface area contributed by atoms with Gasteiger partial charge in [-0.3, -0.25) is 0 Å². The lowest BCUT2D eigenvalue weighted by molar-refractivity contribution is 0.0273. The van der Waals surface area contributed by atoms with Gasteiger partial charge < -0.3 is 19.4 Å². The van der Waals surface area contributed by atoms with Gasteiger partial charge >= 0.3 is 6.09 Å². The highest BCUT2D eigenvalue weighted by Crippen LogP contribution is 2.14. The molecule has 20 heavy (non-hydrogen) atoms. The molecule has 0 saturated carbocycles. The van der Waals surface area contributed by atoms with Crippen LogP contribution in [0.2, 0.25) is 0 Å². The molecule has 5 heteroatoms. The molecule has 1 aliphatic rings. The van der Waals surface area contributed by atoms with Crippen molar-refractivity contribution in [2.75, 3.05) is 47.3 Å². The van der Waals surface area contributed by atoms with Crippen molar-refractivity contribution in [3.63, 3.8) is 0 Å². The smallest absolute Gasteiger partial charge is 0.410 e. The average molecular weight is 285 g/mol. The van der Waals surface area contributed by atoms with Gasteiger partial charge in [0.25, 0.3) is 0 Å². The van der Waals surface area contributed by atoms with E-state index in [0.29, 0.717) is 12.6 Å². The summed E-state index contributed by atoms with van der Waals surface area (Å²) in [6, 6.07) is 0.637. The molecule has 0 radical (unpaired) electrons. The predicted molar refractivity (Wildman–Crippen MR) is 82.0 cm³/mol. The number of likely N-dealkylation sites (tertiary alicyclic amines) is 1. The molecule has 1 rings (SSSR count). The Kier molecular flexibility index (Phi) is 6.27. The van der Waals surface area contributed by atoms with Gasteiger partial charge in [0, 0.05) is 26.2 Å². The lowest BCUT2D eigenvalue weighted by Gasteiger charge is -2.35. The maximum Gasteiger partial charge on any atom is 0.410 e. The van der Waals surface area contributed by atoms with Crippen molar-refractivity contribution in [3.05, 3.63) is 0 Å². The third-order valence-electron chi connectivity index (χ3n) is 3.80. The predicted octanol–water partition coefficient (Wildman–Crippen LogP) is 1.88. The van der Waals surface area contributed by atoms with Gasteiger partial charge in [0.1, 0.15) is 5.60 Å². The van der Waals surface area contributed by atoms with E-state index in [9.17, 15) is 4.79 Å². The minimum absolute atomic E-state index is 0.241. The zero-order valence-electron chi connectivity index (χ0n) is 14.0.